The number of carbonyl (C=O) groups is 1. The van der Waals surface area contributed by atoms with Crippen LogP contribution in [0, 0.1) is 0 Å². The fraction of sp³-hybridized carbons (Fsp3) is 0.154. The van der Waals surface area contributed by atoms with E-state index in [2.05, 4.69) is 0 Å². The average Bonchev–Trinajstić information content (AvgIpc) is 2.73. The maximum absolute atomic E-state index is 11.2. The van der Waals surface area contributed by atoms with Gasteiger partial charge in [0.05, 0.1) is 20.3 Å². The lowest BCUT2D eigenvalue weighted by Crippen LogP contribution is -1.99. The monoisotopic (exact) mass is 232 g/mol. The summed E-state index contributed by atoms with van der Waals surface area (Å²) in [5.74, 6) is 0.703. The highest BCUT2D eigenvalue weighted by Crippen LogP contribution is 2.29. The third-order valence-electron chi connectivity index (χ3n) is 2.34. The molecule has 0 atom stereocenters. The molecule has 1 aliphatic heterocycles. The number of carbonyl (C=O) groups excluding carboxylic acids is 1. The van der Waals surface area contributed by atoms with Crippen molar-refractivity contribution in [3.05, 3.63) is 53.5 Å². The van der Waals surface area contributed by atoms with Crippen molar-refractivity contribution >= 4 is 11.7 Å². The Balaban J connectivity index is 2.48. The van der Waals surface area contributed by atoms with E-state index in [-0.39, 0.29) is 0 Å². The van der Waals surface area contributed by atoms with Gasteiger partial charge in [-0.1, -0.05) is 30.3 Å². The van der Waals surface area contributed by atoms with Crippen LogP contribution in [0.4, 0.5) is 0 Å². The Hall–Kier alpha value is -2.23. The quantitative estimate of drug-likeness (QED) is 0.591. The Morgan fingerprint density at radius 1 is 1.18 bits per heavy atom. The van der Waals surface area contributed by atoms with Gasteiger partial charge in [0.2, 0.25) is 5.76 Å². The first-order chi connectivity index (χ1) is 8.26. The molecule has 88 valence electrons. The van der Waals surface area contributed by atoms with Crippen LogP contribution in [0.1, 0.15) is 5.56 Å². The third-order valence-corrected chi connectivity index (χ3v) is 2.34. The van der Waals surface area contributed by atoms with Crippen LogP contribution in [-0.4, -0.2) is 20.2 Å². The average molecular weight is 232 g/mol. The minimum absolute atomic E-state index is 0.311. The molecule has 0 radical (unpaired) electrons. The van der Waals surface area contributed by atoms with Crippen LogP contribution in [0.2, 0.25) is 0 Å². The standard InChI is InChI=1S/C13H12O4/c1-15-10-8-11(14)17-13(10)12(16-2)9-6-4-3-5-7-9/h3-8H,1-2H3/b13-12+. The summed E-state index contributed by atoms with van der Waals surface area (Å²) in [5.41, 5.74) is 0.822. The molecule has 0 spiro atoms. The zero-order valence-corrected chi connectivity index (χ0v) is 9.60. The Morgan fingerprint density at radius 2 is 1.88 bits per heavy atom. The van der Waals surface area contributed by atoms with Gasteiger partial charge in [-0.3, -0.25) is 0 Å². The van der Waals surface area contributed by atoms with Gasteiger partial charge in [-0.25, -0.2) is 4.79 Å². The normalized spacial score (nSPS) is 17.3. The molecule has 4 heteroatoms. The Bertz CT molecular complexity index is 485. The molecule has 2 rings (SSSR count). The lowest BCUT2D eigenvalue weighted by atomic mass is 10.1. The number of hydrogen-bond donors (Lipinski definition) is 0. The number of methoxy groups -OCH3 is 2. The van der Waals surface area contributed by atoms with Crippen molar-refractivity contribution in [3.63, 3.8) is 0 Å². The molecule has 0 amide bonds. The van der Waals surface area contributed by atoms with Crippen LogP contribution < -0.4 is 0 Å². The summed E-state index contributed by atoms with van der Waals surface area (Å²) in [6, 6.07) is 9.38. The Morgan fingerprint density at radius 3 is 2.47 bits per heavy atom. The minimum atomic E-state index is -0.456. The number of cyclic esters (lactones) is 1. The van der Waals surface area contributed by atoms with Gasteiger partial charge in [-0.05, 0) is 0 Å². The molecule has 0 saturated heterocycles. The molecule has 0 saturated carbocycles. The van der Waals surface area contributed by atoms with E-state index in [0.717, 1.165) is 5.56 Å². The summed E-state index contributed by atoms with van der Waals surface area (Å²) in [4.78, 5) is 11.2. The highest BCUT2D eigenvalue weighted by Gasteiger charge is 2.26. The maximum atomic E-state index is 11.2. The summed E-state index contributed by atoms with van der Waals surface area (Å²) < 4.78 is 15.4. The molecule has 1 aromatic carbocycles. The van der Waals surface area contributed by atoms with E-state index in [9.17, 15) is 4.79 Å². The minimum Gasteiger partial charge on any atom is -0.492 e. The first kappa shape index (κ1) is 11.3. The van der Waals surface area contributed by atoms with Gasteiger partial charge in [0.15, 0.2) is 11.5 Å². The van der Waals surface area contributed by atoms with Crippen molar-refractivity contribution in [2.75, 3.05) is 14.2 Å². The first-order valence-electron chi connectivity index (χ1n) is 5.08. The van der Waals surface area contributed by atoms with E-state index in [4.69, 9.17) is 14.2 Å². The van der Waals surface area contributed by atoms with E-state index >= 15 is 0 Å². The number of hydrogen-bond acceptors (Lipinski definition) is 4. The molecule has 4 nitrogen and oxygen atoms in total. The summed E-state index contributed by atoms with van der Waals surface area (Å²) >= 11 is 0. The molecule has 0 aromatic heterocycles. The second-order valence-electron chi connectivity index (χ2n) is 3.36. The van der Waals surface area contributed by atoms with E-state index in [1.807, 2.05) is 30.3 Å². The van der Waals surface area contributed by atoms with Gasteiger partial charge < -0.3 is 14.2 Å². The fourth-order valence-electron chi connectivity index (χ4n) is 1.59. The fourth-order valence-corrected chi connectivity index (χ4v) is 1.59. The molecule has 1 aliphatic rings. The van der Waals surface area contributed by atoms with Crippen molar-refractivity contribution in [1.82, 2.24) is 0 Å². The van der Waals surface area contributed by atoms with Gasteiger partial charge in [-0.15, -0.1) is 0 Å². The van der Waals surface area contributed by atoms with Gasteiger partial charge >= 0.3 is 5.97 Å². The summed E-state index contributed by atoms with van der Waals surface area (Å²) in [6.45, 7) is 0. The second kappa shape index (κ2) is 4.74. The van der Waals surface area contributed by atoms with Gasteiger partial charge in [-0.2, -0.15) is 0 Å². The summed E-state index contributed by atoms with van der Waals surface area (Å²) in [7, 11) is 3.00. The lowest BCUT2D eigenvalue weighted by Gasteiger charge is -2.11. The molecular formula is C13H12O4. The molecule has 17 heavy (non-hydrogen) atoms. The Labute approximate surface area is 99.1 Å². The summed E-state index contributed by atoms with van der Waals surface area (Å²) in [6.07, 6.45) is 1.29. The van der Waals surface area contributed by atoms with Crippen molar-refractivity contribution in [2.45, 2.75) is 0 Å². The molecule has 1 aromatic rings. The van der Waals surface area contributed by atoms with E-state index in [0.29, 0.717) is 17.3 Å². The van der Waals surface area contributed by atoms with Gasteiger partial charge in [0, 0.05) is 5.56 Å². The maximum Gasteiger partial charge on any atom is 0.340 e. The van der Waals surface area contributed by atoms with Crippen LogP contribution >= 0.6 is 0 Å². The topological polar surface area (TPSA) is 44.8 Å². The van der Waals surface area contributed by atoms with Crippen LogP contribution in [0.5, 0.6) is 0 Å². The SMILES string of the molecule is COC1=CC(=O)O/C1=C(/OC)c1ccccc1. The zero-order valence-electron chi connectivity index (χ0n) is 9.60. The van der Waals surface area contributed by atoms with Gasteiger partial charge in [0.1, 0.15) is 0 Å². The van der Waals surface area contributed by atoms with Crippen molar-refractivity contribution in [1.29, 1.82) is 0 Å². The highest BCUT2D eigenvalue weighted by atomic mass is 16.6. The highest BCUT2D eigenvalue weighted by molar-refractivity contribution is 5.90. The van der Waals surface area contributed by atoms with Crippen LogP contribution in [-0.2, 0) is 19.0 Å². The number of benzene rings is 1. The number of ether oxygens (including phenoxy) is 3. The van der Waals surface area contributed by atoms with Crippen LogP contribution in [0.3, 0.4) is 0 Å². The van der Waals surface area contributed by atoms with Crippen molar-refractivity contribution in [3.8, 4) is 0 Å². The predicted molar refractivity (Wildman–Crippen MR) is 61.6 cm³/mol. The van der Waals surface area contributed by atoms with E-state index in [1.165, 1.54) is 20.3 Å². The second-order valence-corrected chi connectivity index (χ2v) is 3.36. The molecule has 0 unspecified atom stereocenters. The predicted octanol–water partition coefficient (Wildman–Crippen LogP) is 2.09. The smallest absolute Gasteiger partial charge is 0.340 e. The van der Waals surface area contributed by atoms with E-state index < -0.39 is 5.97 Å². The third kappa shape index (κ3) is 2.15. The molecule has 1 heterocycles. The molecule has 0 aliphatic carbocycles. The largest absolute Gasteiger partial charge is 0.492 e. The molecular weight excluding hydrogens is 220 g/mol. The van der Waals surface area contributed by atoms with Crippen molar-refractivity contribution < 1.29 is 19.0 Å². The first-order valence-corrected chi connectivity index (χ1v) is 5.08. The number of esters is 1. The van der Waals surface area contributed by atoms with Gasteiger partial charge in [0.25, 0.3) is 0 Å². The molecule has 0 fully saturated rings. The van der Waals surface area contributed by atoms with Crippen LogP contribution in [0.25, 0.3) is 5.76 Å². The zero-order chi connectivity index (χ0) is 12.3. The van der Waals surface area contributed by atoms with Crippen LogP contribution in [0.15, 0.2) is 47.9 Å². The molecule has 0 bridgehead atoms. The van der Waals surface area contributed by atoms with Crippen molar-refractivity contribution in [2.24, 2.45) is 0 Å². The van der Waals surface area contributed by atoms with E-state index in [1.54, 1.807) is 0 Å². The lowest BCUT2D eigenvalue weighted by molar-refractivity contribution is -0.132. The Kier molecular flexibility index (Phi) is 3.14. The molecule has 0 N–H and O–H groups in total. The number of rotatable bonds is 3. The summed E-state index contributed by atoms with van der Waals surface area (Å²) in [5, 5.41) is 0.